The Morgan fingerprint density at radius 2 is 1.79 bits per heavy atom. The Morgan fingerprint density at radius 3 is 2.34 bits per heavy atom. The maximum absolute atomic E-state index is 12.4. The molecule has 1 heterocycles. The third-order valence-electron chi connectivity index (χ3n) is 6.27. The predicted molar refractivity (Wildman–Crippen MR) is 119 cm³/mol. The first-order chi connectivity index (χ1) is 14.1. The molecule has 1 aliphatic carbocycles. The third kappa shape index (κ3) is 5.95. The molecule has 0 bridgehead atoms. The number of piperazine rings is 1. The van der Waals surface area contributed by atoms with Gasteiger partial charge in [0, 0.05) is 65.8 Å². The van der Waals surface area contributed by atoms with Gasteiger partial charge in [-0.05, 0) is 30.4 Å². The van der Waals surface area contributed by atoms with Crippen molar-refractivity contribution in [3.8, 4) is 0 Å². The molecule has 1 saturated carbocycles. The van der Waals surface area contributed by atoms with Gasteiger partial charge in [-0.15, -0.1) is 0 Å². The highest BCUT2D eigenvalue weighted by Crippen LogP contribution is 2.28. The second kappa shape index (κ2) is 10.6. The first kappa shape index (κ1) is 21.6. The molecule has 1 aliphatic heterocycles. The number of hydrogen-bond acceptors (Lipinski definition) is 3. The number of benzene rings is 1. The van der Waals surface area contributed by atoms with E-state index in [1.54, 1.807) is 0 Å². The maximum Gasteiger partial charge on any atom is 0.225 e. The van der Waals surface area contributed by atoms with Gasteiger partial charge in [0.2, 0.25) is 5.91 Å². The molecule has 0 atom stereocenters. The van der Waals surface area contributed by atoms with Crippen LogP contribution in [0.3, 0.4) is 0 Å². The number of carbonyl (C=O) groups excluding carboxylic acids is 1. The highest BCUT2D eigenvalue weighted by atomic mass is 16.2. The van der Waals surface area contributed by atoms with Crippen LogP contribution in [-0.4, -0.2) is 79.9 Å². The van der Waals surface area contributed by atoms with E-state index in [2.05, 4.69) is 63.2 Å². The van der Waals surface area contributed by atoms with E-state index in [-0.39, 0.29) is 0 Å². The largest absolute Gasteiger partial charge is 0.355 e. The highest BCUT2D eigenvalue weighted by molar-refractivity contribution is 5.80. The minimum Gasteiger partial charge on any atom is -0.355 e. The fraction of sp³-hybridized carbons (Fsp3) is 0.652. The lowest BCUT2D eigenvalue weighted by atomic mass is 9.84. The summed E-state index contributed by atoms with van der Waals surface area (Å²) in [7, 11) is 3.91. The van der Waals surface area contributed by atoms with Gasteiger partial charge in [-0.1, -0.05) is 37.6 Å². The quantitative estimate of drug-likeness (QED) is 0.564. The minimum atomic E-state index is 0.320. The van der Waals surface area contributed by atoms with Crippen LogP contribution in [-0.2, 0) is 17.8 Å². The lowest BCUT2D eigenvalue weighted by molar-refractivity contribution is -0.139. The molecule has 1 aromatic rings. The summed E-state index contributed by atoms with van der Waals surface area (Å²) in [5.74, 6) is 1.63. The Kier molecular flexibility index (Phi) is 7.92. The van der Waals surface area contributed by atoms with E-state index >= 15 is 0 Å². The molecular weight excluding hydrogens is 362 g/mol. The average Bonchev–Trinajstić information content (AvgIpc) is 2.71. The van der Waals surface area contributed by atoms with Crippen LogP contribution in [0.25, 0.3) is 0 Å². The lowest BCUT2D eigenvalue weighted by Crippen LogP contribution is -2.52. The average molecular weight is 400 g/mol. The molecular formula is C23H37N5O. The minimum absolute atomic E-state index is 0.320. The van der Waals surface area contributed by atoms with Gasteiger partial charge in [0.25, 0.3) is 0 Å². The van der Waals surface area contributed by atoms with Gasteiger partial charge in [-0.25, -0.2) is 0 Å². The van der Waals surface area contributed by atoms with Crippen molar-refractivity contribution in [2.24, 2.45) is 10.9 Å². The first-order valence-electron chi connectivity index (χ1n) is 11.1. The van der Waals surface area contributed by atoms with Crippen LogP contribution < -0.4 is 5.32 Å². The topological polar surface area (TPSA) is 51.2 Å². The summed E-state index contributed by atoms with van der Waals surface area (Å²) >= 11 is 0. The van der Waals surface area contributed by atoms with Gasteiger partial charge in [-0.2, -0.15) is 0 Å². The molecule has 0 unspecified atom stereocenters. The van der Waals surface area contributed by atoms with Crippen LogP contribution in [0.5, 0.6) is 0 Å². The summed E-state index contributed by atoms with van der Waals surface area (Å²) in [6.07, 6.45) is 4.49. The van der Waals surface area contributed by atoms with Crippen LogP contribution >= 0.6 is 0 Å². The monoisotopic (exact) mass is 399 g/mol. The van der Waals surface area contributed by atoms with Crippen LogP contribution in [0, 0.1) is 5.92 Å². The number of amides is 1. The standard InChI is InChI=1S/C23H37N5O/c1-4-19-8-10-20(11-9-19)18-26(3)23(24-2)25-12-13-27-14-16-28(17-15-27)22(29)21-6-5-7-21/h8-11,21H,4-7,12-18H2,1-3H3,(H,24,25). The summed E-state index contributed by atoms with van der Waals surface area (Å²) in [4.78, 5) is 23.5. The molecule has 1 saturated heterocycles. The maximum atomic E-state index is 12.4. The summed E-state index contributed by atoms with van der Waals surface area (Å²) in [5.41, 5.74) is 2.66. The van der Waals surface area contributed by atoms with Crippen molar-refractivity contribution in [2.75, 3.05) is 53.4 Å². The third-order valence-corrected chi connectivity index (χ3v) is 6.27. The van der Waals surface area contributed by atoms with E-state index in [0.29, 0.717) is 11.8 Å². The number of hydrogen-bond donors (Lipinski definition) is 1. The zero-order chi connectivity index (χ0) is 20.6. The van der Waals surface area contributed by atoms with E-state index < -0.39 is 0 Å². The van der Waals surface area contributed by atoms with E-state index in [0.717, 1.165) is 71.0 Å². The van der Waals surface area contributed by atoms with Gasteiger partial charge < -0.3 is 15.1 Å². The molecule has 1 amide bonds. The number of rotatable bonds is 7. The predicted octanol–water partition coefficient (Wildman–Crippen LogP) is 2.20. The number of guanidine groups is 1. The van der Waals surface area contributed by atoms with Crippen LogP contribution in [0.2, 0.25) is 0 Å². The van der Waals surface area contributed by atoms with E-state index in [1.165, 1.54) is 17.5 Å². The van der Waals surface area contributed by atoms with Gasteiger partial charge in [-0.3, -0.25) is 14.7 Å². The molecule has 160 valence electrons. The summed E-state index contributed by atoms with van der Waals surface area (Å²) in [6, 6.07) is 8.81. The van der Waals surface area contributed by atoms with Gasteiger partial charge in [0.15, 0.2) is 5.96 Å². The van der Waals surface area contributed by atoms with Crippen molar-refractivity contribution < 1.29 is 4.79 Å². The molecule has 2 fully saturated rings. The van der Waals surface area contributed by atoms with E-state index in [1.807, 2.05) is 7.05 Å². The van der Waals surface area contributed by atoms with Crippen molar-refractivity contribution >= 4 is 11.9 Å². The molecule has 6 nitrogen and oxygen atoms in total. The van der Waals surface area contributed by atoms with Crippen molar-refractivity contribution in [1.29, 1.82) is 0 Å². The molecule has 0 spiro atoms. The van der Waals surface area contributed by atoms with Gasteiger partial charge in [0.05, 0.1) is 0 Å². The molecule has 3 rings (SSSR count). The molecule has 6 heteroatoms. The van der Waals surface area contributed by atoms with Crippen molar-refractivity contribution in [3.05, 3.63) is 35.4 Å². The number of carbonyl (C=O) groups is 1. The van der Waals surface area contributed by atoms with E-state index in [4.69, 9.17) is 0 Å². The smallest absolute Gasteiger partial charge is 0.225 e. The Morgan fingerprint density at radius 1 is 1.14 bits per heavy atom. The second-order valence-electron chi connectivity index (χ2n) is 8.29. The molecule has 0 radical (unpaired) electrons. The Bertz CT molecular complexity index is 675. The second-order valence-corrected chi connectivity index (χ2v) is 8.29. The molecule has 1 aromatic carbocycles. The van der Waals surface area contributed by atoms with Crippen LogP contribution in [0.4, 0.5) is 0 Å². The van der Waals surface area contributed by atoms with Gasteiger partial charge in [0.1, 0.15) is 0 Å². The summed E-state index contributed by atoms with van der Waals surface area (Å²) < 4.78 is 0. The van der Waals surface area contributed by atoms with Gasteiger partial charge >= 0.3 is 0 Å². The fourth-order valence-corrected chi connectivity index (χ4v) is 4.04. The van der Waals surface area contributed by atoms with E-state index in [9.17, 15) is 4.79 Å². The van der Waals surface area contributed by atoms with Crippen molar-refractivity contribution in [2.45, 2.75) is 39.2 Å². The SMILES string of the molecule is CCc1ccc(CN(C)C(=NC)NCCN2CCN(C(=O)C3CCC3)CC2)cc1. The zero-order valence-electron chi connectivity index (χ0n) is 18.4. The molecule has 2 aliphatic rings. The summed E-state index contributed by atoms with van der Waals surface area (Å²) in [5, 5.41) is 3.48. The first-order valence-corrected chi connectivity index (χ1v) is 11.1. The molecule has 29 heavy (non-hydrogen) atoms. The van der Waals surface area contributed by atoms with Crippen molar-refractivity contribution in [3.63, 3.8) is 0 Å². The number of nitrogens with zero attached hydrogens (tertiary/aromatic N) is 4. The highest BCUT2D eigenvalue weighted by Gasteiger charge is 2.31. The zero-order valence-corrected chi connectivity index (χ0v) is 18.4. The molecule has 0 aromatic heterocycles. The Labute approximate surface area is 176 Å². The summed E-state index contributed by atoms with van der Waals surface area (Å²) in [6.45, 7) is 8.54. The molecule has 1 N–H and O–H groups in total. The van der Waals surface area contributed by atoms with Crippen LogP contribution in [0.1, 0.15) is 37.3 Å². The lowest BCUT2D eigenvalue weighted by Gasteiger charge is -2.38. The fourth-order valence-electron chi connectivity index (χ4n) is 4.04. The number of aryl methyl sites for hydroxylation is 1. The Balaban J connectivity index is 1.36. The number of aliphatic imine (C=N–C) groups is 1. The Hall–Kier alpha value is -2.08. The normalized spacial score (nSPS) is 18.4. The van der Waals surface area contributed by atoms with Crippen LogP contribution in [0.15, 0.2) is 29.3 Å². The number of nitrogens with one attached hydrogen (secondary N) is 1. The van der Waals surface area contributed by atoms with Crippen molar-refractivity contribution in [1.82, 2.24) is 20.0 Å².